The molecule has 0 amide bonds. The fourth-order valence-corrected chi connectivity index (χ4v) is 6.04. The second kappa shape index (κ2) is 10.5. The van der Waals surface area contributed by atoms with Crippen molar-refractivity contribution in [3.05, 3.63) is 69.6 Å². The Hall–Kier alpha value is -4.37. The summed E-state index contributed by atoms with van der Waals surface area (Å²) in [4.78, 5) is 13.8. The molecule has 0 aliphatic heterocycles. The molecule has 0 bridgehead atoms. The molecule has 0 aliphatic rings. The average molecular weight is 633 g/mol. The Morgan fingerprint density at radius 2 is 1.50 bits per heavy atom. The smallest absolute Gasteiger partial charge is 0.361 e. The zero-order valence-electron chi connectivity index (χ0n) is 24.1. The first-order valence-electron chi connectivity index (χ1n) is 13.6. The van der Waals surface area contributed by atoms with Gasteiger partial charge in [-0.25, -0.2) is 4.79 Å². The van der Waals surface area contributed by atoms with Gasteiger partial charge in [0.2, 0.25) is 0 Å². The van der Waals surface area contributed by atoms with E-state index in [0.717, 1.165) is 21.9 Å². The minimum atomic E-state index is -0.512. The van der Waals surface area contributed by atoms with Crippen LogP contribution in [0.15, 0.2) is 68.4 Å². The zero-order valence-corrected chi connectivity index (χ0v) is 25.7. The van der Waals surface area contributed by atoms with Gasteiger partial charge < -0.3 is 32.9 Å². The molecular weight excluding hydrogens is 602 g/mol. The first kappa shape index (κ1) is 27.8. The van der Waals surface area contributed by atoms with Gasteiger partial charge in [-0.15, -0.1) is 0 Å². The number of methoxy groups -OCH3 is 2. The first-order chi connectivity index (χ1) is 20.1. The van der Waals surface area contributed by atoms with Gasteiger partial charge >= 0.3 is 5.63 Å². The summed E-state index contributed by atoms with van der Waals surface area (Å²) >= 11 is 3.61. The van der Waals surface area contributed by atoms with E-state index >= 15 is 0 Å². The van der Waals surface area contributed by atoms with Crippen LogP contribution < -0.4 is 24.6 Å². The third kappa shape index (κ3) is 4.39. The van der Waals surface area contributed by atoms with Gasteiger partial charge in [-0.05, 0) is 84.9 Å². The monoisotopic (exact) mass is 631 g/mol. The minimum absolute atomic E-state index is 0.0490. The summed E-state index contributed by atoms with van der Waals surface area (Å²) in [6.45, 7) is 7.74. The van der Waals surface area contributed by atoms with Gasteiger partial charge in [0.15, 0.2) is 23.0 Å². The Balaban J connectivity index is 1.85. The van der Waals surface area contributed by atoms with Gasteiger partial charge in [0.05, 0.1) is 36.4 Å². The summed E-state index contributed by atoms with van der Waals surface area (Å²) in [6.07, 6.45) is 1.68. The van der Waals surface area contributed by atoms with Crippen LogP contribution in [0.3, 0.4) is 0 Å². The molecule has 3 heterocycles. The molecule has 9 heteroatoms. The fourth-order valence-electron chi connectivity index (χ4n) is 5.49. The van der Waals surface area contributed by atoms with Crippen molar-refractivity contribution in [2.75, 3.05) is 14.2 Å². The van der Waals surface area contributed by atoms with Gasteiger partial charge in [0.25, 0.3) is 0 Å². The number of phenolic OH excluding ortho intramolecular Hbond substituents is 1. The van der Waals surface area contributed by atoms with E-state index in [2.05, 4.69) is 15.9 Å². The van der Waals surface area contributed by atoms with E-state index in [1.807, 2.05) is 74.7 Å². The number of ether oxygens (including phenoxy) is 4. The predicted molar refractivity (Wildman–Crippen MR) is 168 cm³/mol. The summed E-state index contributed by atoms with van der Waals surface area (Å²) in [5.41, 5.74) is 2.46. The molecule has 0 atom stereocenters. The number of fused-ring (bicyclic) bond motifs is 7. The lowest BCUT2D eigenvalue weighted by molar-refractivity contribution is 0.230. The second-order valence-electron chi connectivity index (χ2n) is 10.6. The highest BCUT2D eigenvalue weighted by Crippen LogP contribution is 2.47. The number of pyridine rings is 1. The zero-order chi connectivity index (χ0) is 29.9. The van der Waals surface area contributed by atoms with Crippen molar-refractivity contribution in [3.8, 4) is 39.9 Å². The Bertz CT molecular complexity index is 2070. The molecule has 0 spiro atoms. The van der Waals surface area contributed by atoms with E-state index in [4.69, 9.17) is 23.4 Å². The summed E-state index contributed by atoms with van der Waals surface area (Å²) < 4.78 is 31.7. The summed E-state index contributed by atoms with van der Waals surface area (Å²) in [5.74, 6) is 2.22. The molecular formula is C33H30BrNO7. The topological polar surface area (TPSA) is 91.8 Å². The predicted octanol–water partition coefficient (Wildman–Crippen LogP) is 8.08. The highest BCUT2D eigenvalue weighted by molar-refractivity contribution is 9.10. The maximum atomic E-state index is 13.8. The lowest BCUT2D eigenvalue weighted by atomic mass is 9.98. The number of halogens is 1. The number of hydrogen-bond donors (Lipinski definition) is 1. The van der Waals surface area contributed by atoms with Crippen LogP contribution >= 0.6 is 15.9 Å². The van der Waals surface area contributed by atoms with E-state index < -0.39 is 5.63 Å². The average Bonchev–Trinajstić information content (AvgIpc) is 3.30. The van der Waals surface area contributed by atoms with Crippen molar-refractivity contribution in [2.45, 2.75) is 39.9 Å². The maximum absolute atomic E-state index is 13.8. The molecule has 3 aromatic carbocycles. The largest absolute Gasteiger partial charge is 0.507 e. The van der Waals surface area contributed by atoms with Crippen LogP contribution in [0.25, 0.3) is 49.3 Å². The standard InChI is InChI=1S/C33H30BrNO7/c1-16(2)40-22-10-8-19(13-24(22)38-5)27-29-20-14-25(39-6)26(41-17(3)4)15-23(20)42-33(37)32(29)35-12-11-18-7-9-21(36)30(34)28(18)31(27)35/h7-17,36H,1-6H3. The van der Waals surface area contributed by atoms with Crippen LogP contribution in [0.4, 0.5) is 0 Å². The molecule has 0 unspecified atom stereocenters. The summed E-state index contributed by atoms with van der Waals surface area (Å²) in [5, 5.41) is 13.7. The molecule has 0 fully saturated rings. The van der Waals surface area contributed by atoms with Crippen molar-refractivity contribution in [2.24, 2.45) is 0 Å². The number of aromatic nitrogens is 1. The van der Waals surface area contributed by atoms with Crippen LogP contribution in [0.1, 0.15) is 27.7 Å². The van der Waals surface area contributed by atoms with Gasteiger partial charge in [-0.2, -0.15) is 0 Å². The normalized spacial score (nSPS) is 11.8. The van der Waals surface area contributed by atoms with Crippen molar-refractivity contribution in [1.82, 2.24) is 4.40 Å². The van der Waals surface area contributed by atoms with Crippen LogP contribution in [0.2, 0.25) is 0 Å². The van der Waals surface area contributed by atoms with E-state index in [0.29, 0.717) is 54.9 Å². The maximum Gasteiger partial charge on any atom is 0.361 e. The molecule has 1 N–H and O–H groups in total. The third-order valence-corrected chi connectivity index (χ3v) is 7.91. The number of benzene rings is 3. The molecule has 8 nitrogen and oxygen atoms in total. The molecule has 6 rings (SSSR count). The molecule has 0 aliphatic carbocycles. The Labute approximate surface area is 250 Å². The van der Waals surface area contributed by atoms with Crippen LogP contribution in [-0.4, -0.2) is 35.9 Å². The number of phenols is 1. The van der Waals surface area contributed by atoms with E-state index in [-0.39, 0.29) is 18.0 Å². The van der Waals surface area contributed by atoms with Gasteiger partial charge in [-0.1, -0.05) is 12.1 Å². The number of hydrogen-bond acceptors (Lipinski definition) is 7. The Kier molecular flexibility index (Phi) is 6.93. The van der Waals surface area contributed by atoms with Crippen molar-refractivity contribution in [3.63, 3.8) is 0 Å². The minimum Gasteiger partial charge on any atom is -0.507 e. The van der Waals surface area contributed by atoms with E-state index in [1.54, 1.807) is 26.4 Å². The lowest BCUT2D eigenvalue weighted by Crippen LogP contribution is -2.07. The molecule has 6 aromatic rings. The van der Waals surface area contributed by atoms with Crippen LogP contribution in [0.5, 0.6) is 28.7 Å². The van der Waals surface area contributed by atoms with Crippen LogP contribution in [-0.2, 0) is 0 Å². The van der Waals surface area contributed by atoms with Crippen molar-refractivity contribution < 1.29 is 28.5 Å². The number of aromatic hydroxyl groups is 1. The molecule has 0 saturated heterocycles. The molecule has 42 heavy (non-hydrogen) atoms. The molecule has 3 aromatic heterocycles. The third-order valence-electron chi connectivity index (χ3n) is 7.11. The summed E-state index contributed by atoms with van der Waals surface area (Å²) in [6, 6.07) is 14.6. The van der Waals surface area contributed by atoms with Gasteiger partial charge in [0, 0.05) is 34.0 Å². The van der Waals surface area contributed by atoms with Crippen LogP contribution in [0, 0.1) is 0 Å². The number of nitrogens with zero attached hydrogens (tertiary/aromatic N) is 1. The lowest BCUT2D eigenvalue weighted by Gasteiger charge is -2.16. The quantitative estimate of drug-likeness (QED) is 0.178. The summed E-state index contributed by atoms with van der Waals surface area (Å²) in [7, 11) is 3.17. The highest BCUT2D eigenvalue weighted by Gasteiger charge is 2.25. The van der Waals surface area contributed by atoms with Crippen molar-refractivity contribution >= 4 is 54.1 Å². The Morgan fingerprint density at radius 3 is 2.19 bits per heavy atom. The molecule has 0 radical (unpaired) electrons. The van der Waals surface area contributed by atoms with Gasteiger partial charge in [0.1, 0.15) is 16.8 Å². The number of rotatable bonds is 7. The fraction of sp³-hybridized carbons (Fsp3) is 0.242. The van der Waals surface area contributed by atoms with E-state index in [9.17, 15) is 9.90 Å². The van der Waals surface area contributed by atoms with Gasteiger partial charge in [-0.3, -0.25) is 0 Å². The first-order valence-corrected chi connectivity index (χ1v) is 14.4. The molecule has 216 valence electrons. The Morgan fingerprint density at radius 1 is 0.810 bits per heavy atom. The molecule has 0 saturated carbocycles. The second-order valence-corrected chi connectivity index (χ2v) is 11.4. The van der Waals surface area contributed by atoms with E-state index in [1.165, 1.54) is 0 Å². The SMILES string of the molecule is COc1cc(-c2c3c4cc(OC)c(OC(C)C)cc4oc(=O)c3n3ccc4ccc(O)c(Br)c4c23)ccc1OC(C)C. The highest BCUT2D eigenvalue weighted by atomic mass is 79.9. The van der Waals surface area contributed by atoms with Crippen molar-refractivity contribution in [1.29, 1.82) is 0 Å².